The first-order valence-electron chi connectivity index (χ1n) is 6.16. The Hall–Kier alpha value is -2.12. The fraction of sp³-hybridized carbons (Fsp3) is 0.267. The number of furan rings is 1. The Balaban J connectivity index is 2.08. The third-order valence-electron chi connectivity index (χ3n) is 2.96. The molecule has 4 heteroatoms. The highest BCUT2D eigenvalue weighted by atomic mass is 19.1. The second-order valence-electron chi connectivity index (χ2n) is 4.31. The Bertz CT molecular complexity index is 572. The van der Waals surface area contributed by atoms with E-state index in [1.807, 2.05) is 18.2 Å². The van der Waals surface area contributed by atoms with Gasteiger partial charge >= 0.3 is 0 Å². The van der Waals surface area contributed by atoms with Crippen molar-refractivity contribution in [3.05, 3.63) is 59.3 Å². The van der Waals surface area contributed by atoms with Crippen LogP contribution >= 0.6 is 0 Å². The summed E-state index contributed by atoms with van der Waals surface area (Å²) in [7, 11) is 0. The fourth-order valence-corrected chi connectivity index (χ4v) is 1.92. The molecule has 0 aliphatic rings. The van der Waals surface area contributed by atoms with Crippen molar-refractivity contribution in [2.75, 3.05) is 6.54 Å². The first-order chi connectivity index (χ1) is 9.22. The molecule has 98 valence electrons. The average molecular weight is 258 g/mol. The largest absolute Gasteiger partial charge is 0.468 e. The maximum atomic E-state index is 13.2. The highest BCUT2D eigenvalue weighted by Crippen LogP contribution is 2.13. The van der Waals surface area contributed by atoms with E-state index in [4.69, 9.17) is 9.68 Å². The molecule has 0 amide bonds. The van der Waals surface area contributed by atoms with Gasteiger partial charge in [0.1, 0.15) is 17.6 Å². The fourth-order valence-electron chi connectivity index (χ4n) is 1.92. The standard InChI is InChI=1S/C15H15FN2O/c1-2-18(11-14-4-3-7-19-14)10-12-5-6-15(16)13(8-12)9-17/h3-8H,2,10-11H2,1H3. The second kappa shape index (κ2) is 6.17. The van der Waals surface area contributed by atoms with Crippen molar-refractivity contribution in [2.24, 2.45) is 0 Å². The van der Waals surface area contributed by atoms with E-state index in [9.17, 15) is 4.39 Å². The molecule has 0 saturated heterocycles. The van der Waals surface area contributed by atoms with Gasteiger partial charge in [-0.3, -0.25) is 4.90 Å². The molecule has 2 rings (SSSR count). The molecule has 0 fully saturated rings. The van der Waals surface area contributed by atoms with Crippen LogP contribution in [0.4, 0.5) is 4.39 Å². The molecular formula is C15H15FN2O. The third-order valence-corrected chi connectivity index (χ3v) is 2.96. The van der Waals surface area contributed by atoms with E-state index in [-0.39, 0.29) is 5.56 Å². The van der Waals surface area contributed by atoms with Crippen LogP contribution in [0, 0.1) is 17.1 Å². The lowest BCUT2D eigenvalue weighted by atomic mass is 10.1. The van der Waals surface area contributed by atoms with Crippen LogP contribution in [0.5, 0.6) is 0 Å². The molecular weight excluding hydrogens is 243 g/mol. The summed E-state index contributed by atoms with van der Waals surface area (Å²) in [5, 5.41) is 8.82. The monoisotopic (exact) mass is 258 g/mol. The van der Waals surface area contributed by atoms with Crippen molar-refractivity contribution in [3.8, 4) is 6.07 Å². The molecule has 19 heavy (non-hydrogen) atoms. The third kappa shape index (κ3) is 3.43. The topological polar surface area (TPSA) is 40.2 Å². The van der Waals surface area contributed by atoms with Crippen molar-refractivity contribution in [2.45, 2.75) is 20.0 Å². The molecule has 3 nitrogen and oxygen atoms in total. The molecule has 0 unspecified atom stereocenters. The lowest BCUT2D eigenvalue weighted by Gasteiger charge is -2.19. The molecule has 1 aromatic carbocycles. The lowest BCUT2D eigenvalue weighted by Crippen LogP contribution is -2.22. The maximum absolute atomic E-state index is 13.2. The minimum atomic E-state index is -0.472. The Kier molecular flexibility index (Phi) is 4.32. The van der Waals surface area contributed by atoms with Crippen LogP contribution in [-0.2, 0) is 13.1 Å². The molecule has 0 radical (unpaired) electrons. The normalized spacial score (nSPS) is 10.6. The van der Waals surface area contributed by atoms with Crippen molar-refractivity contribution in [1.29, 1.82) is 5.26 Å². The SMILES string of the molecule is CCN(Cc1ccc(F)c(C#N)c1)Cc1ccco1. The van der Waals surface area contributed by atoms with Crippen molar-refractivity contribution in [3.63, 3.8) is 0 Å². The van der Waals surface area contributed by atoms with Gasteiger partial charge in [0.15, 0.2) is 0 Å². The average Bonchev–Trinajstić information content (AvgIpc) is 2.93. The second-order valence-corrected chi connectivity index (χ2v) is 4.31. The molecule has 0 atom stereocenters. The smallest absolute Gasteiger partial charge is 0.140 e. The summed E-state index contributed by atoms with van der Waals surface area (Å²) in [6.07, 6.45) is 1.65. The zero-order valence-electron chi connectivity index (χ0n) is 10.8. The van der Waals surface area contributed by atoms with Gasteiger partial charge in [-0.15, -0.1) is 0 Å². The summed E-state index contributed by atoms with van der Waals surface area (Å²) in [5.74, 6) is 0.421. The molecule has 0 spiro atoms. The molecule has 0 N–H and O–H groups in total. The van der Waals surface area contributed by atoms with Crippen molar-refractivity contribution >= 4 is 0 Å². The van der Waals surface area contributed by atoms with Crippen LogP contribution in [0.3, 0.4) is 0 Å². The van der Waals surface area contributed by atoms with E-state index in [1.54, 1.807) is 18.4 Å². The first kappa shape index (κ1) is 13.3. The van der Waals surface area contributed by atoms with Crippen LogP contribution < -0.4 is 0 Å². The molecule has 0 saturated carbocycles. The quantitative estimate of drug-likeness (QED) is 0.826. The summed E-state index contributed by atoms with van der Waals surface area (Å²) in [6.45, 7) is 4.26. The molecule has 2 aromatic rings. The molecule has 0 aliphatic carbocycles. The number of halogens is 1. The zero-order valence-corrected chi connectivity index (χ0v) is 10.8. The summed E-state index contributed by atoms with van der Waals surface area (Å²) in [5.41, 5.74) is 1.01. The van der Waals surface area contributed by atoms with Gasteiger partial charge in [-0.05, 0) is 36.4 Å². The van der Waals surface area contributed by atoms with Gasteiger partial charge in [0.2, 0.25) is 0 Å². The number of nitrogens with zero attached hydrogens (tertiary/aromatic N) is 2. The number of hydrogen-bond acceptors (Lipinski definition) is 3. The van der Waals surface area contributed by atoms with Gasteiger partial charge in [0.05, 0.1) is 18.4 Å². The first-order valence-corrected chi connectivity index (χ1v) is 6.16. The predicted octanol–water partition coefficient (Wildman–Crippen LogP) is 3.31. The van der Waals surface area contributed by atoms with Gasteiger partial charge < -0.3 is 4.42 Å². The van der Waals surface area contributed by atoms with Crippen LogP contribution in [0.25, 0.3) is 0 Å². The summed E-state index contributed by atoms with van der Waals surface area (Å²) < 4.78 is 18.6. The molecule has 1 heterocycles. The predicted molar refractivity (Wildman–Crippen MR) is 69.6 cm³/mol. The summed E-state index contributed by atoms with van der Waals surface area (Å²) >= 11 is 0. The van der Waals surface area contributed by atoms with E-state index in [0.29, 0.717) is 13.1 Å². The Morgan fingerprint density at radius 3 is 2.79 bits per heavy atom. The van der Waals surface area contributed by atoms with E-state index in [1.165, 1.54) is 6.07 Å². The molecule has 1 aromatic heterocycles. The minimum Gasteiger partial charge on any atom is -0.468 e. The molecule has 0 aliphatic heterocycles. The van der Waals surface area contributed by atoms with Crippen molar-refractivity contribution in [1.82, 2.24) is 4.90 Å². The highest BCUT2D eigenvalue weighted by Gasteiger charge is 2.09. The number of rotatable bonds is 5. The lowest BCUT2D eigenvalue weighted by molar-refractivity contribution is 0.247. The Morgan fingerprint density at radius 1 is 1.32 bits per heavy atom. The number of benzene rings is 1. The molecule has 0 bridgehead atoms. The zero-order chi connectivity index (χ0) is 13.7. The van der Waals surface area contributed by atoms with E-state index in [2.05, 4.69) is 11.8 Å². The Labute approximate surface area is 111 Å². The van der Waals surface area contributed by atoms with Crippen molar-refractivity contribution < 1.29 is 8.81 Å². The minimum absolute atomic E-state index is 0.0894. The van der Waals surface area contributed by atoms with Crippen LogP contribution in [0.1, 0.15) is 23.8 Å². The van der Waals surface area contributed by atoms with Gasteiger partial charge in [0, 0.05) is 6.54 Å². The van der Waals surface area contributed by atoms with Gasteiger partial charge in [-0.1, -0.05) is 13.0 Å². The van der Waals surface area contributed by atoms with E-state index >= 15 is 0 Å². The van der Waals surface area contributed by atoms with E-state index < -0.39 is 5.82 Å². The maximum Gasteiger partial charge on any atom is 0.140 e. The van der Waals surface area contributed by atoms with Gasteiger partial charge in [-0.2, -0.15) is 5.26 Å². The van der Waals surface area contributed by atoms with Crippen LogP contribution in [-0.4, -0.2) is 11.4 Å². The highest BCUT2D eigenvalue weighted by molar-refractivity contribution is 5.34. The van der Waals surface area contributed by atoms with Crippen LogP contribution in [0.15, 0.2) is 41.0 Å². The van der Waals surface area contributed by atoms with Crippen LogP contribution in [0.2, 0.25) is 0 Å². The number of hydrogen-bond donors (Lipinski definition) is 0. The van der Waals surface area contributed by atoms with E-state index in [0.717, 1.165) is 17.9 Å². The number of nitriles is 1. The summed E-state index contributed by atoms with van der Waals surface area (Å²) in [4.78, 5) is 2.16. The summed E-state index contributed by atoms with van der Waals surface area (Å²) in [6, 6.07) is 10.3. The Morgan fingerprint density at radius 2 is 2.16 bits per heavy atom. The van der Waals surface area contributed by atoms with Gasteiger partial charge in [-0.25, -0.2) is 4.39 Å². The van der Waals surface area contributed by atoms with Gasteiger partial charge in [0.25, 0.3) is 0 Å².